The van der Waals surface area contributed by atoms with Crippen LogP contribution < -0.4 is 5.73 Å². The lowest BCUT2D eigenvalue weighted by Crippen LogP contribution is -2.17. The summed E-state index contributed by atoms with van der Waals surface area (Å²) in [7, 11) is 1.87. The summed E-state index contributed by atoms with van der Waals surface area (Å²) in [5.41, 5.74) is 7.64. The summed E-state index contributed by atoms with van der Waals surface area (Å²) in [5, 5.41) is 4.09. The number of hydrogen-bond donors (Lipinski definition) is 1. The number of hydrogen-bond acceptors (Lipinski definition) is 4. The van der Waals surface area contributed by atoms with Gasteiger partial charge in [0.25, 0.3) is 0 Å². The lowest BCUT2D eigenvalue weighted by Gasteiger charge is -2.08. The van der Waals surface area contributed by atoms with Gasteiger partial charge in [0.1, 0.15) is 18.0 Å². The molecule has 0 bridgehead atoms. The van der Waals surface area contributed by atoms with Crippen LogP contribution in [0.15, 0.2) is 30.6 Å². The van der Waals surface area contributed by atoms with Crippen molar-refractivity contribution in [1.82, 2.24) is 24.3 Å². The third kappa shape index (κ3) is 2.27. The highest BCUT2D eigenvalue weighted by Gasteiger charge is 2.13. The van der Waals surface area contributed by atoms with Gasteiger partial charge in [0, 0.05) is 7.05 Å². The van der Waals surface area contributed by atoms with Crippen molar-refractivity contribution in [1.29, 1.82) is 0 Å². The molecular weight excluding hydrogens is 272 g/mol. The first-order chi connectivity index (χ1) is 9.65. The van der Waals surface area contributed by atoms with Crippen LogP contribution in [0.5, 0.6) is 0 Å². The van der Waals surface area contributed by atoms with Gasteiger partial charge in [-0.15, -0.1) is 0 Å². The molecule has 0 unspecified atom stereocenters. The zero-order chi connectivity index (χ0) is 14.1. The molecule has 3 aromatic rings. The first-order valence-electron chi connectivity index (χ1n) is 6.20. The number of para-hydroxylation sites is 2. The Morgan fingerprint density at radius 3 is 2.80 bits per heavy atom. The number of aryl methyl sites for hydroxylation is 1. The average molecular weight is 286 g/mol. The van der Waals surface area contributed by atoms with Crippen molar-refractivity contribution in [3.05, 3.63) is 42.2 Å². The molecule has 0 aliphatic rings. The third-order valence-corrected chi connectivity index (χ3v) is 3.31. The van der Waals surface area contributed by atoms with E-state index in [4.69, 9.17) is 18.0 Å². The second-order valence-electron chi connectivity index (χ2n) is 4.55. The highest BCUT2D eigenvalue weighted by molar-refractivity contribution is 7.80. The molecular formula is C13H14N6S. The van der Waals surface area contributed by atoms with Crippen LogP contribution in [0.2, 0.25) is 0 Å². The monoisotopic (exact) mass is 286 g/mol. The van der Waals surface area contributed by atoms with Crippen molar-refractivity contribution < 1.29 is 0 Å². The van der Waals surface area contributed by atoms with Gasteiger partial charge in [0.05, 0.1) is 29.0 Å². The number of imidazole rings is 1. The molecule has 0 spiro atoms. The van der Waals surface area contributed by atoms with E-state index in [1.54, 1.807) is 11.0 Å². The van der Waals surface area contributed by atoms with Crippen molar-refractivity contribution >= 4 is 28.2 Å². The molecule has 0 amide bonds. The van der Waals surface area contributed by atoms with Gasteiger partial charge >= 0.3 is 0 Å². The van der Waals surface area contributed by atoms with Crippen LogP contribution in [0.4, 0.5) is 0 Å². The standard InChI is InChI=1S/C13H14N6S/c1-18-13(15-8-16-18)7-19-10-5-3-2-4-9(10)17-12(19)6-11(14)20/h2-5,8H,6-7H2,1H3,(H2,14,20). The van der Waals surface area contributed by atoms with Gasteiger partial charge in [-0.25, -0.2) is 9.97 Å². The first kappa shape index (κ1) is 12.7. The fourth-order valence-electron chi connectivity index (χ4n) is 2.20. The van der Waals surface area contributed by atoms with Gasteiger partial charge in [-0.05, 0) is 12.1 Å². The van der Waals surface area contributed by atoms with Crippen LogP contribution in [-0.2, 0) is 20.0 Å². The normalized spacial score (nSPS) is 11.1. The molecule has 2 N–H and O–H groups in total. The smallest absolute Gasteiger partial charge is 0.146 e. The zero-order valence-electron chi connectivity index (χ0n) is 11.0. The second-order valence-corrected chi connectivity index (χ2v) is 5.07. The molecule has 2 heterocycles. The molecule has 0 aliphatic heterocycles. The van der Waals surface area contributed by atoms with Crippen LogP contribution in [0.25, 0.3) is 11.0 Å². The Balaban J connectivity index is 2.10. The van der Waals surface area contributed by atoms with E-state index >= 15 is 0 Å². The van der Waals surface area contributed by atoms with E-state index in [1.807, 2.05) is 31.3 Å². The number of aromatic nitrogens is 5. The molecule has 1 aromatic carbocycles. The molecule has 0 atom stereocenters. The number of thiocarbonyl (C=S) groups is 1. The van der Waals surface area contributed by atoms with Crippen LogP contribution >= 0.6 is 12.2 Å². The van der Waals surface area contributed by atoms with Crippen LogP contribution in [-0.4, -0.2) is 29.3 Å². The van der Waals surface area contributed by atoms with E-state index in [0.29, 0.717) is 18.0 Å². The highest BCUT2D eigenvalue weighted by Crippen LogP contribution is 2.17. The number of nitrogens with zero attached hydrogens (tertiary/aromatic N) is 5. The second kappa shape index (κ2) is 5.01. The first-order valence-corrected chi connectivity index (χ1v) is 6.61. The maximum atomic E-state index is 5.66. The Morgan fingerprint density at radius 2 is 2.10 bits per heavy atom. The fraction of sp³-hybridized carbons (Fsp3) is 0.231. The minimum absolute atomic E-state index is 0.430. The summed E-state index contributed by atoms with van der Waals surface area (Å²) in [6.07, 6.45) is 2.02. The van der Waals surface area contributed by atoms with E-state index in [2.05, 4.69) is 19.6 Å². The number of fused-ring (bicyclic) bond motifs is 1. The highest BCUT2D eigenvalue weighted by atomic mass is 32.1. The van der Waals surface area contributed by atoms with Gasteiger partial charge in [0.15, 0.2) is 0 Å². The van der Waals surface area contributed by atoms with E-state index < -0.39 is 0 Å². The van der Waals surface area contributed by atoms with Crippen molar-refractivity contribution in [3.8, 4) is 0 Å². The number of rotatable bonds is 4. The Morgan fingerprint density at radius 1 is 1.30 bits per heavy atom. The molecule has 20 heavy (non-hydrogen) atoms. The molecule has 0 saturated heterocycles. The third-order valence-electron chi connectivity index (χ3n) is 3.17. The van der Waals surface area contributed by atoms with Crippen molar-refractivity contribution in [3.63, 3.8) is 0 Å². The molecule has 2 aromatic heterocycles. The SMILES string of the molecule is Cn1ncnc1Cn1c(CC(N)=S)nc2ccccc21. The molecule has 0 radical (unpaired) electrons. The topological polar surface area (TPSA) is 74.5 Å². The minimum Gasteiger partial charge on any atom is -0.393 e. The average Bonchev–Trinajstić information content (AvgIpc) is 2.95. The summed E-state index contributed by atoms with van der Waals surface area (Å²) < 4.78 is 3.83. The molecule has 3 rings (SSSR count). The summed E-state index contributed by atoms with van der Waals surface area (Å²) in [6.45, 7) is 0.592. The van der Waals surface area contributed by atoms with E-state index in [9.17, 15) is 0 Å². The van der Waals surface area contributed by atoms with E-state index in [-0.39, 0.29) is 0 Å². The predicted octanol–water partition coefficient (Wildman–Crippen LogP) is 1.04. The molecule has 102 valence electrons. The summed E-state index contributed by atoms with van der Waals surface area (Å²) in [6, 6.07) is 7.96. The maximum Gasteiger partial charge on any atom is 0.146 e. The Kier molecular flexibility index (Phi) is 3.19. The molecule has 0 saturated carbocycles. The van der Waals surface area contributed by atoms with Gasteiger partial charge in [-0.3, -0.25) is 4.68 Å². The van der Waals surface area contributed by atoms with Crippen LogP contribution in [0.1, 0.15) is 11.6 Å². The van der Waals surface area contributed by atoms with E-state index in [0.717, 1.165) is 22.7 Å². The zero-order valence-corrected chi connectivity index (χ0v) is 11.8. The van der Waals surface area contributed by atoms with E-state index in [1.165, 1.54) is 0 Å². The fourth-order valence-corrected chi connectivity index (χ4v) is 2.33. The lowest BCUT2D eigenvalue weighted by molar-refractivity contribution is 0.649. The van der Waals surface area contributed by atoms with Gasteiger partial charge in [-0.1, -0.05) is 24.4 Å². The van der Waals surface area contributed by atoms with Crippen molar-refractivity contribution in [2.75, 3.05) is 0 Å². The largest absolute Gasteiger partial charge is 0.393 e. The summed E-state index contributed by atoms with van der Waals surface area (Å²) in [5.74, 6) is 1.71. The van der Waals surface area contributed by atoms with Gasteiger partial charge in [-0.2, -0.15) is 5.10 Å². The van der Waals surface area contributed by atoms with Crippen molar-refractivity contribution in [2.24, 2.45) is 12.8 Å². The Bertz CT molecular complexity index is 772. The molecule has 6 nitrogen and oxygen atoms in total. The minimum atomic E-state index is 0.430. The van der Waals surface area contributed by atoms with Crippen molar-refractivity contribution in [2.45, 2.75) is 13.0 Å². The van der Waals surface area contributed by atoms with Crippen LogP contribution in [0, 0.1) is 0 Å². The Labute approximate surface area is 121 Å². The quantitative estimate of drug-likeness (QED) is 0.725. The predicted molar refractivity (Wildman–Crippen MR) is 80.3 cm³/mol. The van der Waals surface area contributed by atoms with Gasteiger partial charge in [0.2, 0.25) is 0 Å². The molecule has 7 heteroatoms. The maximum absolute atomic E-state index is 5.66. The number of benzene rings is 1. The lowest BCUT2D eigenvalue weighted by atomic mass is 10.3. The summed E-state index contributed by atoms with van der Waals surface area (Å²) in [4.78, 5) is 9.29. The molecule has 0 aliphatic carbocycles. The Hall–Kier alpha value is -2.28. The van der Waals surface area contributed by atoms with Crippen LogP contribution in [0.3, 0.4) is 0 Å². The number of nitrogens with two attached hydrogens (primary N) is 1. The molecule has 0 fully saturated rings. The van der Waals surface area contributed by atoms with Gasteiger partial charge < -0.3 is 10.3 Å². The summed E-state index contributed by atoms with van der Waals surface area (Å²) >= 11 is 5.01.